The van der Waals surface area contributed by atoms with Crippen LogP contribution in [0.15, 0.2) is 18.5 Å². The fraction of sp³-hybridized carbons (Fsp3) is 0.571. The van der Waals surface area contributed by atoms with Crippen molar-refractivity contribution in [3.63, 3.8) is 0 Å². The zero-order valence-electron chi connectivity index (χ0n) is 11.6. The van der Waals surface area contributed by atoms with Crippen molar-refractivity contribution in [1.82, 2.24) is 19.9 Å². The van der Waals surface area contributed by atoms with Gasteiger partial charge in [0, 0.05) is 31.2 Å². The SMILES string of the molecule is CC(C)NCCc1nc2cnccc2n1C(C)C. The van der Waals surface area contributed by atoms with Gasteiger partial charge in [-0.1, -0.05) is 13.8 Å². The van der Waals surface area contributed by atoms with Crippen LogP contribution < -0.4 is 5.32 Å². The Kier molecular flexibility index (Phi) is 3.97. The molecule has 0 aliphatic heterocycles. The molecule has 2 rings (SSSR count). The number of hydrogen-bond donors (Lipinski definition) is 1. The Morgan fingerprint density at radius 1 is 1.28 bits per heavy atom. The lowest BCUT2D eigenvalue weighted by Gasteiger charge is -2.14. The van der Waals surface area contributed by atoms with Gasteiger partial charge in [0.15, 0.2) is 0 Å². The highest BCUT2D eigenvalue weighted by atomic mass is 15.1. The van der Waals surface area contributed by atoms with E-state index in [1.54, 1.807) is 0 Å². The van der Waals surface area contributed by atoms with E-state index in [0.717, 1.165) is 24.3 Å². The summed E-state index contributed by atoms with van der Waals surface area (Å²) in [5, 5.41) is 3.44. The number of imidazole rings is 1. The Bertz CT molecular complexity index is 513. The predicted octanol–water partition coefficient (Wildman–Crippen LogP) is 2.55. The van der Waals surface area contributed by atoms with E-state index in [1.807, 2.05) is 18.5 Å². The average molecular weight is 246 g/mol. The molecule has 1 N–H and O–H groups in total. The molecule has 0 atom stereocenters. The lowest BCUT2D eigenvalue weighted by atomic mass is 10.3. The maximum atomic E-state index is 4.69. The van der Waals surface area contributed by atoms with Gasteiger partial charge < -0.3 is 9.88 Å². The largest absolute Gasteiger partial charge is 0.325 e. The summed E-state index contributed by atoms with van der Waals surface area (Å²) in [6.45, 7) is 9.67. The molecular formula is C14H22N4. The van der Waals surface area contributed by atoms with Crippen molar-refractivity contribution in [1.29, 1.82) is 0 Å². The van der Waals surface area contributed by atoms with Crippen molar-refractivity contribution in [3.8, 4) is 0 Å². The minimum absolute atomic E-state index is 0.423. The van der Waals surface area contributed by atoms with Crippen molar-refractivity contribution in [2.24, 2.45) is 0 Å². The molecule has 0 aromatic carbocycles. The van der Waals surface area contributed by atoms with Gasteiger partial charge in [-0.15, -0.1) is 0 Å². The van der Waals surface area contributed by atoms with Crippen LogP contribution in [-0.4, -0.2) is 27.1 Å². The molecule has 0 fully saturated rings. The molecule has 18 heavy (non-hydrogen) atoms. The second-order valence-electron chi connectivity index (χ2n) is 5.21. The maximum absolute atomic E-state index is 4.69. The van der Waals surface area contributed by atoms with Gasteiger partial charge in [-0.2, -0.15) is 0 Å². The van der Waals surface area contributed by atoms with Gasteiger partial charge in [0.2, 0.25) is 0 Å². The molecule has 0 amide bonds. The Balaban J connectivity index is 2.28. The van der Waals surface area contributed by atoms with Gasteiger partial charge in [0.1, 0.15) is 11.3 Å². The summed E-state index contributed by atoms with van der Waals surface area (Å²) >= 11 is 0. The quantitative estimate of drug-likeness (QED) is 0.881. The van der Waals surface area contributed by atoms with E-state index in [4.69, 9.17) is 4.98 Å². The van der Waals surface area contributed by atoms with Crippen LogP contribution in [0.1, 0.15) is 39.6 Å². The highest BCUT2D eigenvalue weighted by molar-refractivity contribution is 5.74. The summed E-state index contributed by atoms with van der Waals surface area (Å²) in [4.78, 5) is 8.83. The van der Waals surface area contributed by atoms with Crippen LogP contribution in [0.5, 0.6) is 0 Å². The molecule has 0 saturated carbocycles. The zero-order valence-corrected chi connectivity index (χ0v) is 11.6. The van der Waals surface area contributed by atoms with Crippen LogP contribution >= 0.6 is 0 Å². The zero-order chi connectivity index (χ0) is 13.1. The van der Waals surface area contributed by atoms with Gasteiger partial charge in [-0.05, 0) is 19.9 Å². The number of nitrogens with zero attached hydrogens (tertiary/aromatic N) is 3. The first-order valence-electron chi connectivity index (χ1n) is 6.63. The number of aromatic nitrogens is 3. The van der Waals surface area contributed by atoms with E-state index in [1.165, 1.54) is 5.52 Å². The Hall–Kier alpha value is -1.42. The molecule has 0 unspecified atom stereocenters. The van der Waals surface area contributed by atoms with Crippen LogP contribution in [-0.2, 0) is 6.42 Å². The molecular weight excluding hydrogens is 224 g/mol. The summed E-state index contributed by atoms with van der Waals surface area (Å²) < 4.78 is 2.30. The van der Waals surface area contributed by atoms with Crippen LogP contribution in [0.25, 0.3) is 11.0 Å². The predicted molar refractivity (Wildman–Crippen MR) is 74.8 cm³/mol. The standard InChI is InChI=1S/C14H22N4/c1-10(2)16-8-6-14-17-12-9-15-7-5-13(12)18(14)11(3)4/h5,7,9-11,16H,6,8H2,1-4H3. The number of nitrogens with one attached hydrogen (secondary N) is 1. The minimum atomic E-state index is 0.423. The molecule has 0 bridgehead atoms. The van der Waals surface area contributed by atoms with Gasteiger partial charge >= 0.3 is 0 Å². The van der Waals surface area contributed by atoms with E-state index in [-0.39, 0.29) is 0 Å². The molecule has 98 valence electrons. The van der Waals surface area contributed by atoms with E-state index in [0.29, 0.717) is 12.1 Å². The summed E-state index contributed by atoms with van der Waals surface area (Å²) in [6, 6.07) is 2.98. The van der Waals surface area contributed by atoms with Crippen molar-refractivity contribution in [2.45, 2.75) is 46.2 Å². The highest BCUT2D eigenvalue weighted by Gasteiger charge is 2.12. The van der Waals surface area contributed by atoms with Gasteiger partial charge in [0.05, 0.1) is 11.7 Å². The van der Waals surface area contributed by atoms with Gasteiger partial charge in [-0.25, -0.2) is 4.98 Å². The van der Waals surface area contributed by atoms with Gasteiger partial charge in [-0.3, -0.25) is 4.98 Å². The fourth-order valence-corrected chi connectivity index (χ4v) is 2.23. The molecule has 4 nitrogen and oxygen atoms in total. The molecule has 0 saturated heterocycles. The van der Waals surface area contributed by atoms with E-state index in [2.05, 4.69) is 42.6 Å². The molecule has 0 radical (unpaired) electrons. The van der Waals surface area contributed by atoms with Crippen LogP contribution in [0, 0.1) is 0 Å². The second kappa shape index (κ2) is 5.48. The third-order valence-corrected chi connectivity index (χ3v) is 2.98. The Morgan fingerprint density at radius 3 is 2.72 bits per heavy atom. The monoisotopic (exact) mass is 246 g/mol. The number of rotatable bonds is 5. The third kappa shape index (κ3) is 2.70. The summed E-state index contributed by atoms with van der Waals surface area (Å²) in [7, 11) is 0. The van der Waals surface area contributed by atoms with Crippen molar-refractivity contribution >= 4 is 11.0 Å². The second-order valence-corrected chi connectivity index (χ2v) is 5.21. The van der Waals surface area contributed by atoms with Crippen LogP contribution in [0.4, 0.5) is 0 Å². The van der Waals surface area contributed by atoms with E-state index >= 15 is 0 Å². The van der Waals surface area contributed by atoms with Gasteiger partial charge in [0.25, 0.3) is 0 Å². The third-order valence-electron chi connectivity index (χ3n) is 2.98. The van der Waals surface area contributed by atoms with Crippen LogP contribution in [0.2, 0.25) is 0 Å². The summed E-state index contributed by atoms with van der Waals surface area (Å²) in [6.07, 6.45) is 4.62. The molecule has 2 heterocycles. The first-order chi connectivity index (χ1) is 8.59. The molecule has 0 spiro atoms. The number of fused-ring (bicyclic) bond motifs is 1. The molecule has 4 heteroatoms. The van der Waals surface area contributed by atoms with Crippen molar-refractivity contribution in [2.75, 3.05) is 6.54 Å². The molecule has 2 aromatic rings. The topological polar surface area (TPSA) is 42.7 Å². The minimum Gasteiger partial charge on any atom is -0.325 e. The lowest BCUT2D eigenvalue weighted by molar-refractivity contribution is 0.546. The lowest BCUT2D eigenvalue weighted by Crippen LogP contribution is -2.26. The number of pyridine rings is 1. The smallest absolute Gasteiger partial charge is 0.111 e. The van der Waals surface area contributed by atoms with E-state index < -0.39 is 0 Å². The Morgan fingerprint density at radius 2 is 2.06 bits per heavy atom. The fourth-order valence-electron chi connectivity index (χ4n) is 2.23. The average Bonchev–Trinajstić information content (AvgIpc) is 2.66. The number of hydrogen-bond acceptors (Lipinski definition) is 3. The first-order valence-corrected chi connectivity index (χ1v) is 6.63. The van der Waals surface area contributed by atoms with Crippen LogP contribution in [0.3, 0.4) is 0 Å². The summed E-state index contributed by atoms with van der Waals surface area (Å²) in [5.74, 6) is 1.14. The molecule has 0 aliphatic carbocycles. The molecule has 0 aliphatic rings. The normalized spacial score (nSPS) is 11.9. The highest BCUT2D eigenvalue weighted by Crippen LogP contribution is 2.20. The first kappa shape index (κ1) is 13.0. The maximum Gasteiger partial charge on any atom is 0.111 e. The van der Waals surface area contributed by atoms with Crippen molar-refractivity contribution in [3.05, 3.63) is 24.3 Å². The van der Waals surface area contributed by atoms with E-state index in [9.17, 15) is 0 Å². The van der Waals surface area contributed by atoms with Crippen molar-refractivity contribution < 1.29 is 0 Å². The summed E-state index contributed by atoms with van der Waals surface area (Å²) in [5.41, 5.74) is 2.17. The molecule has 2 aromatic heterocycles. The Labute approximate surface area is 108 Å².